The van der Waals surface area contributed by atoms with Crippen molar-refractivity contribution in [2.45, 2.75) is 51.4 Å². The molecule has 1 aliphatic carbocycles. The second-order valence-corrected chi connectivity index (χ2v) is 11.1. The SMILES string of the molecule is CC(C)c1cc(-c2noc([C@@]3(C)CCCc4sc(N)c(C#N)c43)n2)nc(N2CCN(C)CC2)c1. The highest BCUT2D eigenvalue weighted by atomic mass is 32.1. The molecule has 0 radical (unpaired) electrons. The summed E-state index contributed by atoms with van der Waals surface area (Å²) in [5, 5.41) is 14.7. The summed E-state index contributed by atoms with van der Waals surface area (Å²) < 4.78 is 5.86. The van der Waals surface area contributed by atoms with E-state index in [0.717, 1.165) is 67.4 Å². The Hall–Kier alpha value is -2.96. The normalized spacial score (nSPS) is 21.0. The fourth-order valence-electron chi connectivity index (χ4n) is 5.04. The van der Waals surface area contributed by atoms with Crippen LogP contribution in [0.2, 0.25) is 0 Å². The number of nitrogens with zero attached hydrogens (tertiary/aromatic N) is 6. The van der Waals surface area contributed by atoms with E-state index < -0.39 is 5.41 Å². The highest BCUT2D eigenvalue weighted by molar-refractivity contribution is 7.16. The Balaban J connectivity index is 1.54. The first-order valence-corrected chi connectivity index (χ1v) is 12.7. The Labute approximate surface area is 204 Å². The predicted octanol–water partition coefficient (Wildman–Crippen LogP) is 4.16. The van der Waals surface area contributed by atoms with Crippen molar-refractivity contribution in [3.05, 3.63) is 39.6 Å². The number of aryl methyl sites for hydroxylation is 1. The number of piperazine rings is 1. The molecular formula is C25H31N7OS. The summed E-state index contributed by atoms with van der Waals surface area (Å²) in [5.41, 5.74) is 9.09. The van der Waals surface area contributed by atoms with Crippen LogP contribution in [0.5, 0.6) is 0 Å². The quantitative estimate of drug-likeness (QED) is 0.597. The topological polar surface area (TPSA) is 108 Å². The van der Waals surface area contributed by atoms with Crippen molar-refractivity contribution in [1.82, 2.24) is 20.0 Å². The van der Waals surface area contributed by atoms with Crippen molar-refractivity contribution in [3.63, 3.8) is 0 Å². The van der Waals surface area contributed by atoms with Gasteiger partial charge < -0.3 is 20.1 Å². The van der Waals surface area contributed by atoms with E-state index in [-0.39, 0.29) is 0 Å². The van der Waals surface area contributed by atoms with Gasteiger partial charge in [-0.25, -0.2) is 4.98 Å². The molecule has 9 heteroatoms. The molecule has 8 nitrogen and oxygen atoms in total. The number of thiophene rings is 1. The van der Waals surface area contributed by atoms with Gasteiger partial charge in [0.2, 0.25) is 11.7 Å². The van der Waals surface area contributed by atoms with E-state index in [9.17, 15) is 5.26 Å². The lowest BCUT2D eigenvalue weighted by atomic mass is 9.72. The first kappa shape index (κ1) is 22.8. The lowest BCUT2D eigenvalue weighted by molar-refractivity contribution is 0.300. The van der Waals surface area contributed by atoms with Crippen molar-refractivity contribution in [1.29, 1.82) is 5.26 Å². The van der Waals surface area contributed by atoms with Crippen LogP contribution in [0.25, 0.3) is 11.5 Å². The van der Waals surface area contributed by atoms with Crippen LogP contribution in [0.15, 0.2) is 16.7 Å². The molecule has 34 heavy (non-hydrogen) atoms. The summed E-state index contributed by atoms with van der Waals surface area (Å²) in [5.74, 6) is 2.33. The van der Waals surface area contributed by atoms with Gasteiger partial charge in [0.15, 0.2) is 0 Å². The number of aromatic nitrogens is 3. The van der Waals surface area contributed by atoms with Gasteiger partial charge in [0.25, 0.3) is 0 Å². The number of nitrogens with two attached hydrogens (primary N) is 1. The van der Waals surface area contributed by atoms with Gasteiger partial charge in [-0.05, 0) is 56.8 Å². The number of likely N-dealkylation sites (N-methyl/N-ethyl adjacent to an activating group) is 1. The Morgan fingerprint density at radius 2 is 1.97 bits per heavy atom. The molecule has 4 heterocycles. The van der Waals surface area contributed by atoms with E-state index in [1.165, 1.54) is 16.9 Å². The molecule has 0 aromatic carbocycles. The molecule has 1 fully saturated rings. The molecule has 2 N–H and O–H groups in total. The molecule has 1 atom stereocenters. The first-order valence-electron chi connectivity index (χ1n) is 11.9. The van der Waals surface area contributed by atoms with Gasteiger partial charge in [0.1, 0.15) is 22.6 Å². The number of nitriles is 1. The number of rotatable bonds is 4. The average Bonchev–Trinajstić information content (AvgIpc) is 3.45. The van der Waals surface area contributed by atoms with Gasteiger partial charge in [-0.2, -0.15) is 10.2 Å². The number of pyridine rings is 1. The zero-order valence-corrected chi connectivity index (χ0v) is 21.1. The fourth-order valence-corrected chi connectivity index (χ4v) is 6.23. The van der Waals surface area contributed by atoms with Gasteiger partial charge in [-0.15, -0.1) is 11.3 Å². The van der Waals surface area contributed by atoms with E-state index >= 15 is 0 Å². The molecule has 1 saturated heterocycles. The minimum absolute atomic E-state index is 0.352. The fraction of sp³-hybridized carbons (Fsp3) is 0.520. The molecular weight excluding hydrogens is 446 g/mol. The van der Waals surface area contributed by atoms with Crippen LogP contribution in [-0.2, 0) is 11.8 Å². The van der Waals surface area contributed by atoms with Crippen LogP contribution < -0.4 is 10.6 Å². The lowest BCUT2D eigenvalue weighted by Crippen LogP contribution is -2.44. The molecule has 0 amide bonds. The van der Waals surface area contributed by atoms with Crippen LogP contribution in [0, 0.1) is 11.3 Å². The average molecular weight is 478 g/mol. The third kappa shape index (κ3) is 3.85. The Morgan fingerprint density at radius 3 is 2.68 bits per heavy atom. The molecule has 3 aromatic rings. The van der Waals surface area contributed by atoms with Gasteiger partial charge in [0, 0.05) is 36.6 Å². The maximum absolute atomic E-state index is 9.77. The monoisotopic (exact) mass is 477 g/mol. The maximum atomic E-state index is 9.77. The van der Waals surface area contributed by atoms with Crippen LogP contribution in [0.3, 0.4) is 0 Å². The summed E-state index contributed by atoms with van der Waals surface area (Å²) in [6, 6.07) is 6.56. The number of anilines is 2. The van der Waals surface area contributed by atoms with E-state index in [2.05, 4.69) is 61.0 Å². The van der Waals surface area contributed by atoms with E-state index in [1.807, 2.05) is 0 Å². The Morgan fingerprint density at radius 1 is 1.21 bits per heavy atom. The predicted molar refractivity (Wildman–Crippen MR) is 134 cm³/mol. The zero-order chi connectivity index (χ0) is 24.0. The number of fused-ring (bicyclic) bond motifs is 1. The molecule has 0 saturated carbocycles. The Kier molecular flexibility index (Phi) is 5.82. The second kappa shape index (κ2) is 8.67. The summed E-state index contributed by atoms with van der Waals surface area (Å²) in [6.07, 6.45) is 2.74. The van der Waals surface area contributed by atoms with Gasteiger partial charge in [-0.3, -0.25) is 0 Å². The molecule has 178 valence electrons. The molecule has 0 spiro atoms. The lowest BCUT2D eigenvalue weighted by Gasteiger charge is -2.33. The summed E-state index contributed by atoms with van der Waals surface area (Å²) in [7, 11) is 2.15. The standard InChI is InChI=1S/C25H31N7OS/c1-15(2)16-12-18(28-20(13-16)32-10-8-31(4)9-11-32)23-29-24(33-30-23)25(3)7-5-6-19-21(25)17(14-26)22(27)34-19/h12-13,15H,5-11,27H2,1-4H3/t25-/m0/s1. The molecule has 5 rings (SSSR count). The minimum Gasteiger partial charge on any atom is -0.389 e. The summed E-state index contributed by atoms with van der Waals surface area (Å²) in [4.78, 5) is 15.6. The van der Waals surface area contributed by atoms with Crippen LogP contribution in [0.1, 0.15) is 67.0 Å². The summed E-state index contributed by atoms with van der Waals surface area (Å²) >= 11 is 1.51. The highest BCUT2D eigenvalue weighted by Gasteiger charge is 2.43. The number of hydrogen-bond acceptors (Lipinski definition) is 9. The molecule has 2 aliphatic rings. The van der Waals surface area contributed by atoms with E-state index in [0.29, 0.717) is 28.2 Å². The van der Waals surface area contributed by atoms with Crippen molar-refractivity contribution in [2.24, 2.45) is 0 Å². The van der Waals surface area contributed by atoms with Crippen molar-refractivity contribution >= 4 is 22.2 Å². The number of hydrogen-bond donors (Lipinski definition) is 1. The van der Waals surface area contributed by atoms with E-state index in [1.54, 1.807) is 0 Å². The van der Waals surface area contributed by atoms with Crippen LogP contribution in [0.4, 0.5) is 10.8 Å². The van der Waals surface area contributed by atoms with Gasteiger partial charge in [-0.1, -0.05) is 19.0 Å². The highest BCUT2D eigenvalue weighted by Crippen LogP contribution is 2.48. The maximum Gasteiger partial charge on any atom is 0.237 e. The van der Waals surface area contributed by atoms with Crippen molar-refractivity contribution < 1.29 is 4.52 Å². The smallest absolute Gasteiger partial charge is 0.237 e. The summed E-state index contributed by atoms with van der Waals surface area (Å²) in [6.45, 7) is 10.4. The van der Waals surface area contributed by atoms with Gasteiger partial charge in [0.05, 0.1) is 11.0 Å². The number of nitrogen functional groups attached to an aromatic ring is 1. The second-order valence-electron chi connectivity index (χ2n) is 9.95. The van der Waals surface area contributed by atoms with Crippen molar-refractivity contribution in [3.8, 4) is 17.6 Å². The molecule has 0 unspecified atom stereocenters. The Bertz CT molecular complexity index is 1250. The third-order valence-corrected chi connectivity index (χ3v) is 8.29. The molecule has 0 bridgehead atoms. The van der Waals surface area contributed by atoms with Gasteiger partial charge >= 0.3 is 0 Å². The largest absolute Gasteiger partial charge is 0.389 e. The minimum atomic E-state index is -0.534. The van der Waals surface area contributed by atoms with E-state index in [4.69, 9.17) is 20.2 Å². The zero-order valence-electron chi connectivity index (χ0n) is 20.3. The molecule has 3 aromatic heterocycles. The van der Waals surface area contributed by atoms with Crippen LogP contribution >= 0.6 is 11.3 Å². The third-order valence-electron chi connectivity index (χ3n) is 7.21. The first-order chi connectivity index (χ1) is 16.3. The molecule has 1 aliphatic heterocycles. The van der Waals surface area contributed by atoms with Crippen LogP contribution in [-0.4, -0.2) is 53.3 Å². The van der Waals surface area contributed by atoms with Crippen molar-refractivity contribution in [2.75, 3.05) is 43.9 Å².